The fraction of sp³-hybridized carbons (Fsp3) is 0.500. The third-order valence-corrected chi connectivity index (χ3v) is 4.34. The summed E-state index contributed by atoms with van der Waals surface area (Å²) in [6.45, 7) is 6.91. The van der Waals surface area contributed by atoms with Gasteiger partial charge in [0.15, 0.2) is 5.78 Å². The molecule has 1 atom stereocenters. The summed E-state index contributed by atoms with van der Waals surface area (Å²) in [6, 6.07) is 5.87. The first kappa shape index (κ1) is 16.0. The second-order valence-electron chi connectivity index (χ2n) is 6.50. The monoisotopic (exact) mass is 353 g/mol. The maximum absolute atomic E-state index is 12.2. The number of nitrogens with one attached hydrogen (secondary N) is 1. The number of hydrogen-bond acceptors (Lipinski definition) is 3. The zero-order valence-electron chi connectivity index (χ0n) is 12.7. The molecule has 0 saturated heterocycles. The van der Waals surface area contributed by atoms with Crippen molar-refractivity contribution in [2.24, 2.45) is 0 Å². The minimum Gasteiger partial charge on any atom is -0.444 e. The normalized spacial score (nSPS) is 20.8. The summed E-state index contributed by atoms with van der Waals surface area (Å²) in [6.07, 6.45) is 0.427. The zero-order chi connectivity index (χ0) is 15.8. The number of rotatable bonds is 2. The Morgan fingerprint density at radius 3 is 2.48 bits per heavy atom. The molecule has 4 nitrogen and oxygen atoms in total. The van der Waals surface area contributed by atoms with Crippen molar-refractivity contribution in [1.29, 1.82) is 0 Å². The van der Waals surface area contributed by atoms with Gasteiger partial charge in [0.1, 0.15) is 11.1 Å². The number of fused-ring (bicyclic) bond motifs is 1. The van der Waals surface area contributed by atoms with Crippen LogP contribution in [0.2, 0.25) is 0 Å². The van der Waals surface area contributed by atoms with E-state index in [0.29, 0.717) is 12.8 Å². The number of amides is 1. The fourth-order valence-electron chi connectivity index (χ4n) is 2.58. The van der Waals surface area contributed by atoms with Gasteiger partial charge in [-0.15, -0.1) is 0 Å². The molecule has 21 heavy (non-hydrogen) atoms. The third-order valence-electron chi connectivity index (χ3n) is 3.60. The van der Waals surface area contributed by atoms with E-state index in [0.717, 1.165) is 15.6 Å². The van der Waals surface area contributed by atoms with Crippen molar-refractivity contribution < 1.29 is 14.3 Å². The Morgan fingerprint density at radius 1 is 1.29 bits per heavy atom. The van der Waals surface area contributed by atoms with Crippen LogP contribution in [-0.2, 0) is 22.4 Å². The molecule has 0 aliphatic heterocycles. The number of carbonyl (C=O) groups excluding carboxylic acids is 2. The van der Waals surface area contributed by atoms with Crippen molar-refractivity contribution in [2.75, 3.05) is 0 Å². The number of ketones is 1. The highest BCUT2D eigenvalue weighted by Crippen LogP contribution is 2.35. The van der Waals surface area contributed by atoms with Crippen LogP contribution in [0.1, 0.15) is 38.8 Å². The summed E-state index contributed by atoms with van der Waals surface area (Å²) in [4.78, 5) is 24.2. The molecule has 1 aliphatic carbocycles. The van der Waals surface area contributed by atoms with Crippen LogP contribution in [0.5, 0.6) is 0 Å². The van der Waals surface area contributed by atoms with E-state index in [2.05, 4.69) is 21.2 Å². The van der Waals surface area contributed by atoms with Crippen LogP contribution >= 0.6 is 15.9 Å². The van der Waals surface area contributed by atoms with Crippen molar-refractivity contribution in [3.05, 3.63) is 33.8 Å². The van der Waals surface area contributed by atoms with Crippen LogP contribution in [0.3, 0.4) is 0 Å². The number of benzene rings is 1. The molecule has 0 bridgehead atoms. The molecule has 0 saturated carbocycles. The highest BCUT2D eigenvalue weighted by molar-refractivity contribution is 9.10. The molecule has 2 rings (SSSR count). The molecule has 0 fully saturated rings. The highest BCUT2D eigenvalue weighted by Gasteiger charge is 2.44. The van der Waals surface area contributed by atoms with Crippen molar-refractivity contribution >= 4 is 27.8 Å². The molecule has 1 aliphatic rings. The molecule has 0 heterocycles. The lowest BCUT2D eigenvalue weighted by atomic mass is 9.91. The first-order chi connectivity index (χ1) is 9.63. The summed E-state index contributed by atoms with van der Waals surface area (Å²) in [5, 5.41) is 2.79. The number of hydrogen-bond donors (Lipinski definition) is 1. The Labute approximate surface area is 133 Å². The number of carbonyl (C=O) groups is 2. The number of ether oxygens (including phenoxy) is 1. The van der Waals surface area contributed by atoms with Crippen molar-refractivity contribution in [2.45, 2.75) is 51.7 Å². The topological polar surface area (TPSA) is 55.4 Å². The quantitative estimate of drug-likeness (QED) is 0.886. The maximum atomic E-state index is 12.2. The number of Topliss-reactive ketones (excluding diaryl/α,β-unsaturated/α-hetero) is 1. The summed E-state index contributed by atoms with van der Waals surface area (Å²) < 4.78 is 6.26. The molecule has 1 aromatic rings. The molecule has 1 amide bonds. The molecule has 1 aromatic carbocycles. The summed E-state index contributed by atoms with van der Waals surface area (Å²) in [7, 11) is 0. The van der Waals surface area contributed by atoms with E-state index in [9.17, 15) is 9.59 Å². The SMILES string of the molecule is CC(=O)[C@@]1(NC(=O)OC(C)(C)C)Cc2cccc(Br)c2C1. The molecule has 5 heteroatoms. The van der Waals surface area contributed by atoms with Gasteiger partial charge in [-0.05, 0) is 44.9 Å². The van der Waals surface area contributed by atoms with E-state index in [1.807, 2.05) is 18.2 Å². The van der Waals surface area contributed by atoms with Gasteiger partial charge in [0.2, 0.25) is 0 Å². The number of alkyl carbamates (subject to hydrolysis) is 1. The number of halogens is 1. The van der Waals surface area contributed by atoms with Crippen molar-refractivity contribution in [1.82, 2.24) is 5.32 Å². The van der Waals surface area contributed by atoms with Gasteiger partial charge in [-0.25, -0.2) is 4.79 Å². The van der Waals surface area contributed by atoms with Gasteiger partial charge in [-0.3, -0.25) is 4.79 Å². The van der Waals surface area contributed by atoms with E-state index in [1.165, 1.54) is 6.92 Å². The van der Waals surface area contributed by atoms with E-state index in [1.54, 1.807) is 20.8 Å². The average Bonchev–Trinajstić information content (AvgIpc) is 2.67. The smallest absolute Gasteiger partial charge is 0.408 e. The maximum Gasteiger partial charge on any atom is 0.408 e. The molecular formula is C16H20BrNO3. The predicted octanol–water partition coefficient (Wildman–Crippen LogP) is 3.40. The summed E-state index contributed by atoms with van der Waals surface area (Å²) >= 11 is 3.51. The second-order valence-corrected chi connectivity index (χ2v) is 7.35. The molecule has 114 valence electrons. The van der Waals surface area contributed by atoms with Crippen molar-refractivity contribution in [3.63, 3.8) is 0 Å². The van der Waals surface area contributed by atoms with Gasteiger partial charge in [0.05, 0.1) is 0 Å². The van der Waals surface area contributed by atoms with Crippen LogP contribution in [-0.4, -0.2) is 23.0 Å². The summed E-state index contributed by atoms with van der Waals surface area (Å²) in [5.41, 5.74) is 0.655. The first-order valence-corrected chi connectivity index (χ1v) is 7.71. The Balaban J connectivity index is 2.24. The standard InChI is InChI=1S/C16H20BrNO3/c1-10(19)16(18-14(20)21-15(2,3)4)8-11-6-5-7-13(17)12(11)9-16/h5-7H,8-9H2,1-4H3,(H,18,20)/t16-/m1/s1. The van der Waals surface area contributed by atoms with Gasteiger partial charge in [0, 0.05) is 17.3 Å². The lowest BCUT2D eigenvalue weighted by Crippen LogP contribution is -2.55. The molecular weight excluding hydrogens is 334 g/mol. The fourth-order valence-corrected chi connectivity index (χ4v) is 3.13. The van der Waals surface area contributed by atoms with Crippen LogP contribution in [0.4, 0.5) is 4.79 Å². The largest absolute Gasteiger partial charge is 0.444 e. The molecule has 0 radical (unpaired) electrons. The molecule has 0 spiro atoms. The Hall–Kier alpha value is -1.36. The van der Waals surface area contributed by atoms with Crippen LogP contribution in [0.25, 0.3) is 0 Å². The van der Waals surface area contributed by atoms with Gasteiger partial charge in [-0.2, -0.15) is 0 Å². The van der Waals surface area contributed by atoms with E-state index in [-0.39, 0.29) is 5.78 Å². The van der Waals surface area contributed by atoms with Crippen LogP contribution < -0.4 is 5.32 Å². The predicted molar refractivity (Wildman–Crippen MR) is 84.3 cm³/mol. The Bertz CT molecular complexity index is 592. The minimum atomic E-state index is -0.908. The second kappa shape index (κ2) is 5.44. The first-order valence-electron chi connectivity index (χ1n) is 6.91. The van der Waals surface area contributed by atoms with Crippen LogP contribution in [0.15, 0.2) is 22.7 Å². The zero-order valence-corrected chi connectivity index (χ0v) is 14.3. The Morgan fingerprint density at radius 2 is 1.95 bits per heavy atom. The average molecular weight is 354 g/mol. The summed E-state index contributed by atoms with van der Waals surface area (Å²) in [5.74, 6) is -0.0588. The highest BCUT2D eigenvalue weighted by atomic mass is 79.9. The van der Waals surface area contributed by atoms with Gasteiger partial charge >= 0.3 is 6.09 Å². The van der Waals surface area contributed by atoms with Gasteiger partial charge in [-0.1, -0.05) is 28.1 Å². The van der Waals surface area contributed by atoms with Crippen molar-refractivity contribution in [3.8, 4) is 0 Å². The van der Waals surface area contributed by atoms with E-state index < -0.39 is 17.2 Å². The van der Waals surface area contributed by atoms with Crippen LogP contribution in [0, 0.1) is 0 Å². The lowest BCUT2D eigenvalue weighted by Gasteiger charge is -2.29. The lowest BCUT2D eigenvalue weighted by molar-refractivity contribution is -0.123. The molecule has 0 aromatic heterocycles. The third kappa shape index (κ3) is 3.46. The Kier molecular flexibility index (Phi) is 4.15. The van der Waals surface area contributed by atoms with Gasteiger partial charge < -0.3 is 10.1 Å². The molecule has 0 unspecified atom stereocenters. The minimum absolute atomic E-state index is 0.0588. The van der Waals surface area contributed by atoms with E-state index in [4.69, 9.17) is 4.74 Å². The van der Waals surface area contributed by atoms with E-state index >= 15 is 0 Å². The van der Waals surface area contributed by atoms with Gasteiger partial charge in [0.25, 0.3) is 0 Å². The molecule has 1 N–H and O–H groups in total.